The van der Waals surface area contributed by atoms with Gasteiger partial charge in [0.15, 0.2) is 0 Å². The third-order valence-electron chi connectivity index (χ3n) is 4.13. The molecule has 1 aliphatic heterocycles. The molecule has 2 aromatic heterocycles. The van der Waals surface area contributed by atoms with Crippen LogP contribution >= 0.6 is 11.8 Å². The molecule has 138 valence electrons. The molecule has 0 radical (unpaired) electrons. The molecule has 0 spiro atoms. The number of hydrogen-bond acceptors (Lipinski definition) is 5. The molecule has 1 aliphatic rings. The SMILES string of the molecule is CSc1ncccc1C(=O)NC1CCN(c2ccc(C(F)(F)F)cn2)C1. The van der Waals surface area contributed by atoms with E-state index in [1.165, 1.54) is 17.8 Å². The van der Waals surface area contributed by atoms with Crippen molar-refractivity contribution in [1.82, 2.24) is 15.3 Å². The van der Waals surface area contributed by atoms with Crippen molar-refractivity contribution in [2.75, 3.05) is 24.2 Å². The van der Waals surface area contributed by atoms with Gasteiger partial charge in [-0.3, -0.25) is 4.79 Å². The largest absolute Gasteiger partial charge is 0.417 e. The molecule has 3 rings (SSSR count). The van der Waals surface area contributed by atoms with Gasteiger partial charge in [0.25, 0.3) is 5.91 Å². The Morgan fingerprint density at radius 2 is 2.12 bits per heavy atom. The smallest absolute Gasteiger partial charge is 0.354 e. The van der Waals surface area contributed by atoms with Gasteiger partial charge in [0, 0.05) is 31.5 Å². The first kappa shape index (κ1) is 18.5. The Kier molecular flexibility index (Phi) is 5.36. The highest BCUT2D eigenvalue weighted by atomic mass is 32.2. The van der Waals surface area contributed by atoms with Crippen LogP contribution in [0.25, 0.3) is 0 Å². The number of halogens is 3. The number of thioether (sulfide) groups is 1. The zero-order valence-electron chi connectivity index (χ0n) is 14.0. The van der Waals surface area contributed by atoms with Gasteiger partial charge in [0.2, 0.25) is 0 Å². The lowest BCUT2D eigenvalue weighted by molar-refractivity contribution is -0.137. The summed E-state index contributed by atoms with van der Waals surface area (Å²) in [6.07, 6.45) is 0.625. The minimum absolute atomic E-state index is 0.0958. The first-order chi connectivity index (χ1) is 12.4. The van der Waals surface area contributed by atoms with Crippen LogP contribution in [0.5, 0.6) is 0 Å². The van der Waals surface area contributed by atoms with E-state index in [-0.39, 0.29) is 11.9 Å². The molecule has 0 aliphatic carbocycles. The summed E-state index contributed by atoms with van der Waals surface area (Å²) >= 11 is 1.40. The summed E-state index contributed by atoms with van der Waals surface area (Å²) in [5, 5.41) is 3.62. The van der Waals surface area contributed by atoms with E-state index < -0.39 is 11.7 Å². The summed E-state index contributed by atoms with van der Waals surface area (Å²) in [6.45, 7) is 1.12. The van der Waals surface area contributed by atoms with Gasteiger partial charge in [0.1, 0.15) is 10.8 Å². The van der Waals surface area contributed by atoms with Gasteiger partial charge in [-0.05, 0) is 36.9 Å². The van der Waals surface area contributed by atoms with Gasteiger partial charge < -0.3 is 10.2 Å². The predicted molar refractivity (Wildman–Crippen MR) is 93.3 cm³/mol. The standard InChI is InChI=1S/C17H17F3N4OS/c1-26-16-13(3-2-7-21-16)15(25)23-12-6-8-24(10-12)14-5-4-11(9-22-14)17(18,19)20/h2-5,7,9,12H,6,8,10H2,1H3,(H,23,25). The Labute approximate surface area is 153 Å². The number of anilines is 1. The van der Waals surface area contributed by atoms with Crippen LogP contribution in [0.15, 0.2) is 41.7 Å². The lowest BCUT2D eigenvalue weighted by Gasteiger charge is -2.18. The van der Waals surface area contributed by atoms with Crippen molar-refractivity contribution in [3.8, 4) is 0 Å². The maximum absolute atomic E-state index is 12.6. The normalized spacial score (nSPS) is 17.4. The van der Waals surface area contributed by atoms with Crippen LogP contribution in [0.1, 0.15) is 22.3 Å². The molecule has 1 atom stereocenters. The van der Waals surface area contributed by atoms with Crippen molar-refractivity contribution in [2.24, 2.45) is 0 Å². The fraction of sp³-hybridized carbons (Fsp3) is 0.353. The van der Waals surface area contributed by atoms with Crippen LogP contribution in [-0.2, 0) is 6.18 Å². The van der Waals surface area contributed by atoms with Gasteiger partial charge in [-0.1, -0.05) is 0 Å². The second kappa shape index (κ2) is 7.53. The summed E-state index contributed by atoms with van der Waals surface area (Å²) in [6, 6.07) is 5.72. The molecule has 0 aromatic carbocycles. The summed E-state index contributed by atoms with van der Waals surface area (Å²) in [5.74, 6) is 0.274. The van der Waals surface area contributed by atoms with Crippen molar-refractivity contribution >= 4 is 23.5 Å². The van der Waals surface area contributed by atoms with Gasteiger partial charge in [0.05, 0.1) is 11.1 Å². The Balaban J connectivity index is 1.63. The highest BCUT2D eigenvalue weighted by Crippen LogP contribution is 2.30. The Bertz CT molecular complexity index is 782. The van der Waals surface area contributed by atoms with Crippen molar-refractivity contribution in [3.05, 3.63) is 47.8 Å². The van der Waals surface area contributed by atoms with Gasteiger partial charge in [-0.25, -0.2) is 9.97 Å². The number of amides is 1. The number of nitrogens with zero attached hydrogens (tertiary/aromatic N) is 3. The molecule has 0 saturated carbocycles. The van der Waals surface area contributed by atoms with Crippen molar-refractivity contribution in [3.63, 3.8) is 0 Å². The highest BCUT2D eigenvalue weighted by Gasteiger charge is 2.31. The molecule has 1 fully saturated rings. The average Bonchev–Trinajstić information content (AvgIpc) is 3.09. The van der Waals surface area contributed by atoms with Gasteiger partial charge in [-0.15, -0.1) is 11.8 Å². The minimum Gasteiger partial charge on any atom is -0.354 e. The number of aromatic nitrogens is 2. The van der Waals surface area contributed by atoms with Gasteiger partial charge in [-0.2, -0.15) is 13.2 Å². The number of nitrogens with one attached hydrogen (secondary N) is 1. The predicted octanol–water partition coefficient (Wildman–Crippen LogP) is 3.23. The minimum atomic E-state index is -4.40. The molecule has 5 nitrogen and oxygen atoms in total. The maximum atomic E-state index is 12.6. The van der Waals surface area contributed by atoms with E-state index in [1.807, 2.05) is 11.2 Å². The Hall–Kier alpha value is -2.29. The van der Waals surface area contributed by atoms with E-state index in [4.69, 9.17) is 0 Å². The van der Waals surface area contributed by atoms with Crippen molar-refractivity contribution < 1.29 is 18.0 Å². The van der Waals surface area contributed by atoms with E-state index in [9.17, 15) is 18.0 Å². The molecule has 3 heterocycles. The van der Waals surface area contributed by atoms with Crippen molar-refractivity contribution in [2.45, 2.75) is 23.7 Å². The number of rotatable bonds is 4. The van der Waals surface area contributed by atoms with E-state index in [0.717, 1.165) is 12.3 Å². The summed E-state index contributed by atoms with van der Waals surface area (Å²) in [7, 11) is 0. The number of pyridine rings is 2. The first-order valence-electron chi connectivity index (χ1n) is 7.96. The van der Waals surface area contributed by atoms with Crippen LogP contribution in [0.3, 0.4) is 0 Å². The third kappa shape index (κ3) is 4.09. The Morgan fingerprint density at radius 1 is 1.31 bits per heavy atom. The zero-order valence-corrected chi connectivity index (χ0v) is 14.8. The van der Waals surface area contributed by atoms with Crippen LogP contribution < -0.4 is 10.2 Å². The number of carbonyl (C=O) groups excluding carboxylic acids is 1. The molecule has 0 bridgehead atoms. The fourth-order valence-electron chi connectivity index (χ4n) is 2.82. The zero-order chi connectivity index (χ0) is 18.7. The average molecular weight is 382 g/mol. The fourth-order valence-corrected chi connectivity index (χ4v) is 3.36. The number of hydrogen-bond donors (Lipinski definition) is 1. The summed E-state index contributed by atoms with van der Waals surface area (Å²) < 4.78 is 37.9. The van der Waals surface area contributed by atoms with E-state index >= 15 is 0 Å². The lowest BCUT2D eigenvalue weighted by Crippen LogP contribution is -2.37. The van der Waals surface area contributed by atoms with E-state index in [2.05, 4.69) is 15.3 Å². The van der Waals surface area contributed by atoms with E-state index in [0.29, 0.717) is 35.9 Å². The second-order valence-electron chi connectivity index (χ2n) is 5.87. The topological polar surface area (TPSA) is 58.1 Å². The Morgan fingerprint density at radius 3 is 2.77 bits per heavy atom. The lowest BCUT2D eigenvalue weighted by atomic mass is 10.2. The van der Waals surface area contributed by atoms with Crippen LogP contribution in [-0.4, -0.2) is 41.3 Å². The number of alkyl halides is 3. The third-order valence-corrected chi connectivity index (χ3v) is 4.84. The molecule has 1 unspecified atom stereocenters. The second-order valence-corrected chi connectivity index (χ2v) is 6.66. The molecule has 2 aromatic rings. The highest BCUT2D eigenvalue weighted by molar-refractivity contribution is 7.98. The molecule has 1 saturated heterocycles. The van der Waals surface area contributed by atoms with Crippen LogP contribution in [0.4, 0.5) is 19.0 Å². The molecule has 9 heteroatoms. The first-order valence-corrected chi connectivity index (χ1v) is 9.19. The molecule has 1 N–H and O–H groups in total. The quantitative estimate of drug-likeness (QED) is 0.823. The number of carbonyl (C=O) groups is 1. The van der Waals surface area contributed by atoms with E-state index in [1.54, 1.807) is 18.3 Å². The molecule has 1 amide bonds. The van der Waals surface area contributed by atoms with Crippen molar-refractivity contribution in [1.29, 1.82) is 0 Å². The van der Waals surface area contributed by atoms with Crippen LogP contribution in [0.2, 0.25) is 0 Å². The summed E-state index contributed by atoms with van der Waals surface area (Å²) in [4.78, 5) is 22.4. The van der Waals surface area contributed by atoms with Gasteiger partial charge >= 0.3 is 6.18 Å². The monoisotopic (exact) mass is 382 g/mol. The molecular formula is C17H17F3N4OS. The van der Waals surface area contributed by atoms with Crippen LogP contribution in [0, 0.1) is 0 Å². The maximum Gasteiger partial charge on any atom is 0.417 e. The molecular weight excluding hydrogens is 365 g/mol. The molecule has 26 heavy (non-hydrogen) atoms. The summed E-state index contributed by atoms with van der Waals surface area (Å²) in [5.41, 5.74) is -0.252.